The summed E-state index contributed by atoms with van der Waals surface area (Å²) in [5, 5.41) is 0. The van der Waals surface area contributed by atoms with Crippen LogP contribution in [0.15, 0.2) is 28.7 Å². The van der Waals surface area contributed by atoms with Gasteiger partial charge in [-0.05, 0) is 24.2 Å². The molecule has 0 unspecified atom stereocenters. The number of halogens is 1. The Morgan fingerprint density at radius 1 is 1.17 bits per heavy atom. The van der Waals surface area contributed by atoms with Gasteiger partial charge in [-0.3, -0.25) is 4.79 Å². The number of rotatable bonds is 6. The molecule has 1 heterocycles. The lowest BCUT2D eigenvalue weighted by Gasteiger charge is -2.35. The van der Waals surface area contributed by atoms with Gasteiger partial charge in [0, 0.05) is 37.2 Å². The molecule has 1 aromatic rings. The summed E-state index contributed by atoms with van der Waals surface area (Å²) in [4.78, 5) is 16.5. The zero-order valence-electron chi connectivity index (χ0n) is 14.1. The predicted molar refractivity (Wildman–Crippen MR) is 98.1 cm³/mol. The summed E-state index contributed by atoms with van der Waals surface area (Å²) in [5.41, 5.74) is 0.854. The van der Waals surface area contributed by atoms with Crippen molar-refractivity contribution >= 4 is 31.9 Å². The van der Waals surface area contributed by atoms with Crippen molar-refractivity contribution in [3.63, 3.8) is 0 Å². The number of carbonyl (C=O) groups excluding carboxylic acids is 1. The molecular formula is C16H24BrN3O3S. The lowest BCUT2D eigenvalue weighted by molar-refractivity contribution is -0.133. The van der Waals surface area contributed by atoms with Gasteiger partial charge in [-0.2, -0.15) is 4.31 Å². The van der Waals surface area contributed by atoms with E-state index in [0.717, 1.165) is 35.9 Å². The number of benzene rings is 1. The van der Waals surface area contributed by atoms with Crippen LogP contribution in [0.2, 0.25) is 0 Å². The van der Waals surface area contributed by atoms with Crippen molar-refractivity contribution in [3.8, 4) is 0 Å². The van der Waals surface area contributed by atoms with Crippen molar-refractivity contribution in [3.05, 3.63) is 34.3 Å². The van der Waals surface area contributed by atoms with Gasteiger partial charge in [0.1, 0.15) is 0 Å². The number of hydrogen-bond donors (Lipinski definition) is 0. The van der Waals surface area contributed by atoms with Crippen molar-refractivity contribution < 1.29 is 13.2 Å². The lowest BCUT2D eigenvalue weighted by atomic mass is 10.2. The van der Waals surface area contributed by atoms with Gasteiger partial charge in [0.15, 0.2) is 0 Å². The van der Waals surface area contributed by atoms with Crippen LogP contribution >= 0.6 is 15.9 Å². The highest BCUT2D eigenvalue weighted by Crippen LogP contribution is 2.14. The molecule has 0 bridgehead atoms. The van der Waals surface area contributed by atoms with Crippen LogP contribution in [0.25, 0.3) is 0 Å². The van der Waals surface area contributed by atoms with Crippen molar-refractivity contribution in [2.45, 2.75) is 13.5 Å². The predicted octanol–water partition coefficient (Wildman–Crippen LogP) is 1.37. The normalized spacial score (nSPS) is 16.6. The third-order valence-electron chi connectivity index (χ3n) is 4.23. The second-order valence-electron chi connectivity index (χ2n) is 5.97. The van der Waals surface area contributed by atoms with Gasteiger partial charge in [0.25, 0.3) is 0 Å². The van der Waals surface area contributed by atoms with E-state index in [0.29, 0.717) is 13.1 Å². The van der Waals surface area contributed by atoms with Crippen LogP contribution < -0.4 is 0 Å². The molecule has 0 N–H and O–H groups in total. The average Bonchev–Trinajstić information content (AvgIpc) is 2.55. The van der Waals surface area contributed by atoms with Crippen LogP contribution in [0.4, 0.5) is 0 Å². The van der Waals surface area contributed by atoms with E-state index in [1.165, 1.54) is 4.31 Å². The first-order valence-corrected chi connectivity index (χ1v) is 10.6. The molecule has 24 heavy (non-hydrogen) atoms. The minimum atomic E-state index is -3.46. The Hall–Kier alpha value is -0.960. The Labute approximate surface area is 152 Å². The molecule has 0 aliphatic carbocycles. The maximum absolute atomic E-state index is 12.5. The third-order valence-corrected chi connectivity index (χ3v) is 5.95. The highest BCUT2D eigenvalue weighted by molar-refractivity contribution is 9.10. The average molecular weight is 418 g/mol. The summed E-state index contributed by atoms with van der Waals surface area (Å²) >= 11 is 3.36. The molecule has 0 radical (unpaired) electrons. The second kappa shape index (κ2) is 8.42. The summed E-state index contributed by atoms with van der Waals surface area (Å²) in [6.07, 6.45) is 1.15. The number of sulfonamides is 1. The highest BCUT2D eigenvalue weighted by Gasteiger charge is 2.26. The topological polar surface area (TPSA) is 60.9 Å². The van der Waals surface area contributed by atoms with Gasteiger partial charge in [-0.1, -0.05) is 35.0 Å². The Morgan fingerprint density at radius 2 is 1.75 bits per heavy atom. The van der Waals surface area contributed by atoms with Gasteiger partial charge in [-0.15, -0.1) is 0 Å². The summed E-state index contributed by atoms with van der Waals surface area (Å²) in [5.74, 6) is -0.131. The molecule has 1 aromatic carbocycles. The molecule has 8 heteroatoms. The molecule has 0 spiro atoms. The number of amides is 1. The smallest absolute Gasteiger partial charge is 0.237 e. The highest BCUT2D eigenvalue weighted by atomic mass is 79.9. The van der Waals surface area contributed by atoms with E-state index in [4.69, 9.17) is 0 Å². The van der Waals surface area contributed by atoms with Crippen LogP contribution in [0.5, 0.6) is 0 Å². The first-order valence-electron chi connectivity index (χ1n) is 7.99. The zero-order chi connectivity index (χ0) is 17.7. The van der Waals surface area contributed by atoms with Gasteiger partial charge < -0.3 is 9.80 Å². The molecule has 0 atom stereocenters. The van der Waals surface area contributed by atoms with Crippen LogP contribution in [0.3, 0.4) is 0 Å². The Kier molecular flexibility index (Phi) is 6.79. The lowest BCUT2D eigenvalue weighted by Crippen LogP contribution is -2.51. The van der Waals surface area contributed by atoms with E-state index < -0.39 is 10.0 Å². The van der Waals surface area contributed by atoms with Gasteiger partial charge >= 0.3 is 0 Å². The van der Waals surface area contributed by atoms with E-state index in [9.17, 15) is 13.2 Å². The van der Waals surface area contributed by atoms with Crippen LogP contribution in [0, 0.1) is 0 Å². The van der Waals surface area contributed by atoms with Crippen molar-refractivity contribution in [1.82, 2.24) is 14.1 Å². The molecule has 1 aliphatic heterocycles. The Bertz CT molecular complexity index is 656. The molecule has 0 saturated carbocycles. The fourth-order valence-corrected chi connectivity index (χ4v) is 3.64. The number of nitrogens with zero attached hydrogens (tertiary/aromatic N) is 3. The minimum Gasteiger partial charge on any atom is -0.339 e. The van der Waals surface area contributed by atoms with Crippen molar-refractivity contribution in [1.29, 1.82) is 0 Å². The standard InChI is InChI=1S/C16H24BrN3O3S/c1-3-18-8-10-19(11-9-18)16(21)13-20(24(2,22)23)12-14-4-6-15(17)7-5-14/h4-7H,3,8-13H2,1-2H3. The second-order valence-corrected chi connectivity index (χ2v) is 8.87. The van der Waals surface area contributed by atoms with E-state index in [1.807, 2.05) is 24.3 Å². The van der Waals surface area contributed by atoms with E-state index in [1.54, 1.807) is 4.90 Å². The summed E-state index contributed by atoms with van der Waals surface area (Å²) in [7, 11) is -3.46. The number of likely N-dealkylation sites (N-methyl/N-ethyl adjacent to an activating group) is 1. The first kappa shape index (κ1) is 19.4. The summed E-state index contributed by atoms with van der Waals surface area (Å²) < 4.78 is 26.3. The molecule has 1 saturated heterocycles. The Morgan fingerprint density at radius 3 is 2.25 bits per heavy atom. The number of carbonyl (C=O) groups is 1. The number of hydrogen-bond acceptors (Lipinski definition) is 4. The first-order chi connectivity index (χ1) is 11.3. The minimum absolute atomic E-state index is 0.110. The van der Waals surface area contributed by atoms with Gasteiger partial charge in [0.2, 0.25) is 15.9 Å². The van der Waals surface area contributed by atoms with E-state index in [2.05, 4.69) is 27.8 Å². The zero-order valence-corrected chi connectivity index (χ0v) is 16.5. The SMILES string of the molecule is CCN1CCN(C(=O)CN(Cc2ccc(Br)cc2)S(C)(=O)=O)CC1. The monoisotopic (exact) mass is 417 g/mol. The van der Waals surface area contributed by atoms with Crippen molar-refractivity contribution in [2.24, 2.45) is 0 Å². The fraction of sp³-hybridized carbons (Fsp3) is 0.562. The van der Waals surface area contributed by atoms with E-state index in [-0.39, 0.29) is 19.0 Å². The molecule has 1 fully saturated rings. The molecular weight excluding hydrogens is 394 g/mol. The van der Waals surface area contributed by atoms with Gasteiger partial charge in [0.05, 0.1) is 12.8 Å². The molecule has 0 aromatic heterocycles. The largest absolute Gasteiger partial charge is 0.339 e. The van der Waals surface area contributed by atoms with Crippen LogP contribution in [-0.4, -0.2) is 74.0 Å². The molecule has 1 amide bonds. The fourth-order valence-electron chi connectivity index (χ4n) is 2.65. The quantitative estimate of drug-likeness (QED) is 0.701. The van der Waals surface area contributed by atoms with Crippen LogP contribution in [-0.2, 0) is 21.4 Å². The third kappa shape index (κ3) is 5.54. The maximum Gasteiger partial charge on any atom is 0.237 e. The molecule has 134 valence electrons. The Balaban J connectivity index is 2.01. The van der Waals surface area contributed by atoms with Gasteiger partial charge in [-0.25, -0.2) is 8.42 Å². The summed E-state index contributed by atoms with van der Waals surface area (Å²) in [6, 6.07) is 7.43. The van der Waals surface area contributed by atoms with E-state index >= 15 is 0 Å². The molecule has 2 rings (SSSR count). The van der Waals surface area contributed by atoms with Crippen molar-refractivity contribution in [2.75, 3.05) is 45.5 Å². The number of piperazine rings is 1. The molecule has 1 aliphatic rings. The van der Waals surface area contributed by atoms with Crippen LogP contribution in [0.1, 0.15) is 12.5 Å². The molecule has 6 nitrogen and oxygen atoms in total. The maximum atomic E-state index is 12.5. The summed E-state index contributed by atoms with van der Waals surface area (Å²) in [6.45, 7) is 6.16.